The summed E-state index contributed by atoms with van der Waals surface area (Å²) in [6.07, 6.45) is 0. The first-order valence-electron chi connectivity index (χ1n) is 4.76. The molecule has 6 heteroatoms. The molecule has 0 radical (unpaired) electrons. The summed E-state index contributed by atoms with van der Waals surface area (Å²) in [6.45, 7) is 1.72. The van der Waals surface area contributed by atoms with Crippen molar-refractivity contribution in [2.45, 2.75) is 6.92 Å². The fraction of sp³-hybridized carbons (Fsp3) is 0.0909. The lowest BCUT2D eigenvalue weighted by atomic mass is 10.3. The van der Waals surface area contributed by atoms with Crippen LogP contribution in [0.5, 0.6) is 0 Å². The van der Waals surface area contributed by atoms with Gasteiger partial charge in [-0.05, 0) is 41.1 Å². The van der Waals surface area contributed by atoms with E-state index in [1.54, 1.807) is 31.2 Å². The van der Waals surface area contributed by atoms with E-state index in [4.69, 9.17) is 16.1 Å². The third-order valence-corrected chi connectivity index (χ3v) is 2.93. The van der Waals surface area contributed by atoms with E-state index in [0.717, 1.165) is 0 Å². The number of rotatable bonds is 2. The number of benzene rings is 1. The highest BCUT2D eigenvalue weighted by Gasteiger charge is 2.12. The van der Waals surface area contributed by atoms with Crippen LogP contribution in [0.2, 0.25) is 5.02 Å². The molecule has 0 saturated heterocycles. The molecule has 2 aromatic rings. The molecule has 0 fully saturated rings. The van der Waals surface area contributed by atoms with Crippen LogP contribution in [-0.2, 0) is 0 Å². The normalized spacial score (nSPS) is 10.3. The van der Waals surface area contributed by atoms with Crippen LogP contribution in [0, 0.1) is 6.92 Å². The van der Waals surface area contributed by atoms with E-state index in [2.05, 4.69) is 26.4 Å². The lowest BCUT2D eigenvalue weighted by Gasteiger charge is -2.05. The van der Waals surface area contributed by atoms with Crippen LogP contribution in [0.15, 0.2) is 33.3 Å². The molecule has 0 aliphatic carbocycles. The molecule has 2 rings (SSSR count). The molecule has 0 spiro atoms. The number of aromatic nitrogens is 1. The summed E-state index contributed by atoms with van der Waals surface area (Å²) in [5.74, 6) is 0.259. The number of carbonyl (C=O) groups excluding carboxylic acids is 1. The Bertz CT molecular complexity index is 568. The lowest BCUT2D eigenvalue weighted by Crippen LogP contribution is -2.12. The van der Waals surface area contributed by atoms with Crippen LogP contribution in [0.1, 0.15) is 16.2 Å². The smallest absolute Gasteiger partial charge is 0.277 e. The zero-order valence-corrected chi connectivity index (χ0v) is 11.2. The number of nitrogens with one attached hydrogen (secondary N) is 1. The topological polar surface area (TPSA) is 55.1 Å². The second-order valence-electron chi connectivity index (χ2n) is 3.40. The Labute approximate surface area is 111 Å². The number of hydrogen-bond donors (Lipinski definition) is 1. The Morgan fingerprint density at radius 3 is 2.82 bits per heavy atom. The minimum atomic E-state index is -0.329. The van der Waals surface area contributed by atoms with Gasteiger partial charge in [-0.25, -0.2) is 0 Å². The molecule has 0 atom stereocenters. The van der Waals surface area contributed by atoms with Gasteiger partial charge in [0.1, 0.15) is 5.76 Å². The standard InChI is InChI=1S/C11H8BrClN2O2/c1-6-4-10(15-17-6)11(16)14-9-3-2-7(13)5-8(9)12/h2-5H,1H3,(H,14,16). The Kier molecular flexibility index (Phi) is 3.49. The number of carbonyl (C=O) groups is 1. The van der Waals surface area contributed by atoms with Gasteiger partial charge in [-0.3, -0.25) is 4.79 Å². The fourth-order valence-corrected chi connectivity index (χ4v) is 2.03. The minimum Gasteiger partial charge on any atom is -0.361 e. The van der Waals surface area contributed by atoms with Crippen molar-refractivity contribution in [3.05, 3.63) is 45.2 Å². The summed E-state index contributed by atoms with van der Waals surface area (Å²) >= 11 is 9.11. The monoisotopic (exact) mass is 314 g/mol. The van der Waals surface area contributed by atoms with Crippen molar-refractivity contribution in [2.24, 2.45) is 0 Å². The minimum absolute atomic E-state index is 0.240. The van der Waals surface area contributed by atoms with Crippen molar-refractivity contribution < 1.29 is 9.32 Å². The van der Waals surface area contributed by atoms with Gasteiger partial charge in [0.25, 0.3) is 5.91 Å². The number of anilines is 1. The Morgan fingerprint density at radius 1 is 1.47 bits per heavy atom. The van der Waals surface area contributed by atoms with Crippen LogP contribution in [0.25, 0.3) is 0 Å². The number of amides is 1. The molecule has 1 heterocycles. The van der Waals surface area contributed by atoms with Gasteiger partial charge >= 0.3 is 0 Å². The van der Waals surface area contributed by atoms with Crippen LogP contribution in [0.4, 0.5) is 5.69 Å². The van der Waals surface area contributed by atoms with Gasteiger partial charge in [0.05, 0.1) is 5.69 Å². The molecule has 0 saturated carbocycles. The van der Waals surface area contributed by atoms with Crippen molar-refractivity contribution in [3.63, 3.8) is 0 Å². The van der Waals surface area contributed by atoms with Crippen LogP contribution >= 0.6 is 27.5 Å². The van der Waals surface area contributed by atoms with Crippen molar-refractivity contribution in [2.75, 3.05) is 5.32 Å². The number of hydrogen-bond acceptors (Lipinski definition) is 3. The first-order valence-corrected chi connectivity index (χ1v) is 5.93. The van der Waals surface area contributed by atoms with E-state index in [1.807, 2.05) is 0 Å². The quantitative estimate of drug-likeness (QED) is 0.920. The molecule has 0 aliphatic rings. The van der Waals surface area contributed by atoms with Crippen molar-refractivity contribution in [1.82, 2.24) is 5.16 Å². The summed E-state index contributed by atoms with van der Waals surface area (Å²) in [5, 5.41) is 6.92. The van der Waals surface area contributed by atoms with E-state index in [1.165, 1.54) is 0 Å². The van der Waals surface area contributed by atoms with Gasteiger partial charge in [0, 0.05) is 15.6 Å². The average Bonchev–Trinajstić information content (AvgIpc) is 2.69. The van der Waals surface area contributed by atoms with E-state index >= 15 is 0 Å². The molecule has 4 nitrogen and oxygen atoms in total. The first-order chi connectivity index (χ1) is 8.06. The average molecular weight is 316 g/mol. The summed E-state index contributed by atoms with van der Waals surface area (Å²) < 4.78 is 5.54. The predicted molar refractivity (Wildman–Crippen MR) is 68.3 cm³/mol. The molecule has 0 unspecified atom stereocenters. The van der Waals surface area contributed by atoms with Crippen LogP contribution in [-0.4, -0.2) is 11.1 Å². The lowest BCUT2D eigenvalue weighted by molar-refractivity contribution is 0.101. The van der Waals surface area contributed by atoms with E-state index in [9.17, 15) is 4.79 Å². The number of halogens is 2. The van der Waals surface area contributed by atoms with Crippen LogP contribution in [0.3, 0.4) is 0 Å². The molecule has 1 aromatic carbocycles. The SMILES string of the molecule is Cc1cc(C(=O)Nc2ccc(Cl)cc2Br)no1. The summed E-state index contributed by atoms with van der Waals surface area (Å²) in [7, 11) is 0. The molecule has 17 heavy (non-hydrogen) atoms. The van der Waals surface area contributed by atoms with E-state index < -0.39 is 0 Å². The number of nitrogens with zero attached hydrogens (tertiary/aromatic N) is 1. The van der Waals surface area contributed by atoms with Crippen LogP contribution < -0.4 is 5.32 Å². The molecular formula is C11H8BrClN2O2. The first kappa shape index (κ1) is 12.1. The Balaban J connectivity index is 2.18. The van der Waals surface area contributed by atoms with Gasteiger partial charge in [-0.1, -0.05) is 16.8 Å². The summed E-state index contributed by atoms with van der Waals surface area (Å²) in [5.41, 5.74) is 0.865. The van der Waals surface area contributed by atoms with E-state index in [0.29, 0.717) is 20.9 Å². The molecule has 88 valence electrons. The van der Waals surface area contributed by atoms with Crippen molar-refractivity contribution in [3.8, 4) is 0 Å². The van der Waals surface area contributed by atoms with Gasteiger partial charge in [0.15, 0.2) is 5.69 Å². The highest BCUT2D eigenvalue weighted by Crippen LogP contribution is 2.26. The maximum Gasteiger partial charge on any atom is 0.277 e. The molecule has 0 bridgehead atoms. The molecular weight excluding hydrogens is 307 g/mol. The van der Waals surface area contributed by atoms with Crippen molar-refractivity contribution >= 4 is 39.1 Å². The van der Waals surface area contributed by atoms with Crippen molar-refractivity contribution in [1.29, 1.82) is 0 Å². The molecule has 0 aliphatic heterocycles. The second kappa shape index (κ2) is 4.89. The van der Waals surface area contributed by atoms with E-state index in [-0.39, 0.29) is 11.6 Å². The van der Waals surface area contributed by atoms with Gasteiger partial charge in [0.2, 0.25) is 0 Å². The third kappa shape index (κ3) is 2.87. The number of aryl methyl sites for hydroxylation is 1. The fourth-order valence-electron chi connectivity index (χ4n) is 1.25. The summed E-state index contributed by atoms with van der Waals surface area (Å²) in [6, 6.07) is 6.66. The third-order valence-electron chi connectivity index (χ3n) is 2.04. The zero-order valence-electron chi connectivity index (χ0n) is 8.83. The zero-order chi connectivity index (χ0) is 12.4. The van der Waals surface area contributed by atoms with Gasteiger partial charge in [-0.2, -0.15) is 0 Å². The molecule has 1 N–H and O–H groups in total. The Hall–Kier alpha value is -1.33. The molecule has 1 aromatic heterocycles. The highest BCUT2D eigenvalue weighted by atomic mass is 79.9. The molecule has 1 amide bonds. The van der Waals surface area contributed by atoms with Gasteiger partial charge < -0.3 is 9.84 Å². The largest absolute Gasteiger partial charge is 0.361 e. The predicted octanol–water partition coefficient (Wildman–Crippen LogP) is 3.65. The second-order valence-corrected chi connectivity index (χ2v) is 4.69. The summed E-state index contributed by atoms with van der Waals surface area (Å²) in [4.78, 5) is 11.8. The maximum atomic E-state index is 11.8. The highest BCUT2D eigenvalue weighted by molar-refractivity contribution is 9.10. The Morgan fingerprint density at radius 2 is 2.24 bits per heavy atom. The van der Waals surface area contributed by atoms with Gasteiger partial charge in [-0.15, -0.1) is 0 Å². The maximum absolute atomic E-state index is 11.8.